The normalized spacial score (nSPS) is 11.2. The summed E-state index contributed by atoms with van der Waals surface area (Å²) in [6, 6.07) is 17.1. The summed E-state index contributed by atoms with van der Waals surface area (Å²) in [6.07, 6.45) is 0. The SMILES string of the molecule is Cc1ccc(C(c2ccc(Cl)cc2)c2ccc(C)s2)s1. The fourth-order valence-electron chi connectivity index (χ4n) is 2.34. The summed E-state index contributed by atoms with van der Waals surface area (Å²) in [7, 11) is 0. The minimum absolute atomic E-state index is 0.324. The smallest absolute Gasteiger partial charge is 0.0527 e. The zero-order valence-electron chi connectivity index (χ0n) is 11.4. The third kappa shape index (κ3) is 2.83. The molecule has 0 aliphatic rings. The van der Waals surface area contributed by atoms with Crippen LogP contribution in [0, 0.1) is 13.8 Å². The molecule has 0 saturated heterocycles. The van der Waals surface area contributed by atoms with Crippen LogP contribution in [0.15, 0.2) is 48.5 Å². The lowest BCUT2D eigenvalue weighted by Crippen LogP contribution is -1.98. The Kier molecular flexibility index (Phi) is 3.97. The van der Waals surface area contributed by atoms with Crippen LogP contribution in [0.5, 0.6) is 0 Å². The van der Waals surface area contributed by atoms with Gasteiger partial charge in [-0.2, -0.15) is 0 Å². The van der Waals surface area contributed by atoms with E-state index < -0.39 is 0 Å². The third-order valence-corrected chi connectivity index (χ3v) is 5.68. The highest BCUT2D eigenvalue weighted by atomic mass is 35.5. The van der Waals surface area contributed by atoms with Crippen molar-refractivity contribution in [3.05, 3.63) is 78.6 Å². The molecule has 0 spiro atoms. The molecule has 102 valence electrons. The van der Waals surface area contributed by atoms with Gasteiger partial charge in [0, 0.05) is 24.5 Å². The van der Waals surface area contributed by atoms with Crippen LogP contribution in [-0.4, -0.2) is 0 Å². The van der Waals surface area contributed by atoms with E-state index in [0.29, 0.717) is 5.92 Å². The van der Waals surface area contributed by atoms with E-state index in [1.807, 2.05) is 34.8 Å². The van der Waals surface area contributed by atoms with Crippen molar-refractivity contribution in [2.24, 2.45) is 0 Å². The summed E-state index contributed by atoms with van der Waals surface area (Å²) in [6.45, 7) is 4.32. The fourth-order valence-corrected chi connectivity index (χ4v) is 4.59. The van der Waals surface area contributed by atoms with Gasteiger partial charge >= 0.3 is 0 Å². The van der Waals surface area contributed by atoms with Crippen molar-refractivity contribution < 1.29 is 0 Å². The molecule has 0 aliphatic carbocycles. The molecule has 0 unspecified atom stereocenters. The first kappa shape index (κ1) is 13.9. The predicted molar refractivity (Wildman–Crippen MR) is 90.5 cm³/mol. The molecule has 3 rings (SSSR count). The fraction of sp³-hybridized carbons (Fsp3) is 0.176. The summed E-state index contributed by atoms with van der Waals surface area (Å²) in [5.41, 5.74) is 1.30. The zero-order valence-corrected chi connectivity index (χ0v) is 13.8. The Hall–Kier alpha value is -1.09. The molecule has 0 N–H and O–H groups in total. The van der Waals surface area contributed by atoms with E-state index in [1.54, 1.807) is 0 Å². The van der Waals surface area contributed by atoms with Gasteiger partial charge in [-0.15, -0.1) is 22.7 Å². The molecule has 0 saturated carbocycles. The minimum Gasteiger partial charge on any atom is -0.145 e. The molecule has 0 radical (unpaired) electrons. The molecular weight excluding hydrogens is 304 g/mol. The van der Waals surface area contributed by atoms with Gasteiger partial charge in [-0.3, -0.25) is 0 Å². The second-order valence-electron chi connectivity index (χ2n) is 4.88. The number of benzene rings is 1. The number of hydrogen-bond donors (Lipinski definition) is 0. The Morgan fingerprint density at radius 1 is 0.750 bits per heavy atom. The van der Waals surface area contributed by atoms with Crippen molar-refractivity contribution >= 4 is 34.3 Å². The number of hydrogen-bond acceptors (Lipinski definition) is 2. The van der Waals surface area contributed by atoms with Crippen LogP contribution >= 0.6 is 34.3 Å². The van der Waals surface area contributed by atoms with Crippen LogP contribution in [0.1, 0.15) is 31.0 Å². The maximum atomic E-state index is 6.02. The van der Waals surface area contributed by atoms with Gasteiger partial charge in [0.15, 0.2) is 0 Å². The number of rotatable bonds is 3. The largest absolute Gasteiger partial charge is 0.145 e. The van der Waals surface area contributed by atoms with Crippen molar-refractivity contribution in [1.82, 2.24) is 0 Å². The summed E-state index contributed by atoms with van der Waals surface area (Å²) in [5.74, 6) is 0.324. The monoisotopic (exact) mass is 318 g/mol. The first-order valence-corrected chi connectivity index (χ1v) is 8.53. The maximum absolute atomic E-state index is 6.02. The van der Waals surface area contributed by atoms with E-state index >= 15 is 0 Å². The quantitative estimate of drug-likeness (QED) is 0.534. The van der Waals surface area contributed by atoms with E-state index in [0.717, 1.165) is 5.02 Å². The van der Waals surface area contributed by atoms with Crippen molar-refractivity contribution in [2.45, 2.75) is 19.8 Å². The molecule has 0 aliphatic heterocycles. The van der Waals surface area contributed by atoms with E-state index in [1.165, 1.54) is 25.1 Å². The van der Waals surface area contributed by atoms with E-state index in [-0.39, 0.29) is 0 Å². The molecule has 20 heavy (non-hydrogen) atoms. The van der Waals surface area contributed by atoms with Gasteiger partial charge in [-0.1, -0.05) is 23.7 Å². The van der Waals surface area contributed by atoms with Crippen LogP contribution < -0.4 is 0 Å². The standard InChI is InChI=1S/C17H15ClS2/c1-11-3-9-15(19-11)17(16-10-4-12(2)20-16)13-5-7-14(18)8-6-13/h3-10,17H,1-2H3. The highest BCUT2D eigenvalue weighted by Crippen LogP contribution is 2.39. The third-order valence-electron chi connectivity index (χ3n) is 3.29. The van der Waals surface area contributed by atoms with Gasteiger partial charge in [0.05, 0.1) is 5.92 Å². The van der Waals surface area contributed by atoms with Gasteiger partial charge in [0.25, 0.3) is 0 Å². The summed E-state index contributed by atoms with van der Waals surface area (Å²) >= 11 is 9.77. The molecule has 0 fully saturated rings. The van der Waals surface area contributed by atoms with Crippen LogP contribution in [0.3, 0.4) is 0 Å². The Morgan fingerprint density at radius 3 is 1.65 bits per heavy atom. The molecule has 3 heteroatoms. The summed E-state index contributed by atoms with van der Waals surface area (Å²) in [5, 5.41) is 0.789. The molecule has 0 amide bonds. The Balaban J connectivity index is 2.10. The Morgan fingerprint density at radius 2 is 1.25 bits per heavy atom. The van der Waals surface area contributed by atoms with Gasteiger partial charge in [0.1, 0.15) is 0 Å². The minimum atomic E-state index is 0.324. The van der Waals surface area contributed by atoms with Gasteiger partial charge in [-0.05, 0) is 55.8 Å². The first-order valence-electron chi connectivity index (χ1n) is 6.51. The molecule has 1 aromatic carbocycles. The Bertz CT molecular complexity index is 666. The van der Waals surface area contributed by atoms with Crippen LogP contribution in [0.2, 0.25) is 5.02 Å². The van der Waals surface area contributed by atoms with Crippen molar-refractivity contribution in [3.63, 3.8) is 0 Å². The molecule has 3 aromatic rings. The molecule has 2 heterocycles. The molecule has 0 atom stereocenters. The first-order chi connectivity index (χ1) is 9.63. The van der Waals surface area contributed by atoms with Crippen molar-refractivity contribution in [3.8, 4) is 0 Å². The predicted octanol–water partition coefficient (Wildman–Crippen LogP) is 6.26. The molecule has 0 nitrogen and oxygen atoms in total. The second kappa shape index (κ2) is 5.72. The summed E-state index contributed by atoms with van der Waals surface area (Å²) < 4.78 is 0. The molecule has 2 aromatic heterocycles. The lowest BCUT2D eigenvalue weighted by atomic mass is 9.96. The van der Waals surface area contributed by atoms with E-state index in [9.17, 15) is 0 Å². The highest BCUT2D eigenvalue weighted by molar-refractivity contribution is 7.13. The molecular formula is C17H15ClS2. The maximum Gasteiger partial charge on any atom is 0.0527 e. The van der Waals surface area contributed by atoms with Crippen molar-refractivity contribution in [2.75, 3.05) is 0 Å². The molecule has 0 bridgehead atoms. The second-order valence-corrected chi connectivity index (χ2v) is 7.96. The number of halogens is 1. The van der Waals surface area contributed by atoms with Gasteiger partial charge in [0.2, 0.25) is 0 Å². The average Bonchev–Trinajstić information content (AvgIpc) is 3.02. The van der Waals surface area contributed by atoms with Crippen LogP contribution in [0.4, 0.5) is 0 Å². The lowest BCUT2D eigenvalue weighted by Gasteiger charge is -2.14. The number of thiophene rings is 2. The van der Waals surface area contributed by atoms with Crippen LogP contribution in [-0.2, 0) is 0 Å². The summed E-state index contributed by atoms with van der Waals surface area (Å²) in [4.78, 5) is 5.50. The lowest BCUT2D eigenvalue weighted by molar-refractivity contribution is 1.04. The van der Waals surface area contributed by atoms with Gasteiger partial charge in [-0.25, -0.2) is 0 Å². The highest BCUT2D eigenvalue weighted by Gasteiger charge is 2.19. The zero-order chi connectivity index (χ0) is 14.1. The number of aryl methyl sites for hydroxylation is 2. The topological polar surface area (TPSA) is 0 Å². The van der Waals surface area contributed by atoms with Gasteiger partial charge < -0.3 is 0 Å². The van der Waals surface area contributed by atoms with E-state index in [2.05, 4.69) is 50.2 Å². The van der Waals surface area contributed by atoms with Crippen molar-refractivity contribution in [1.29, 1.82) is 0 Å². The Labute approximate surface area is 132 Å². The average molecular weight is 319 g/mol. The van der Waals surface area contributed by atoms with Crippen LogP contribution in [0.25, 0.3) is 0 Å². The van der Waals surface area contributed by atoms with E-state index in [4.69, 9.17) is 11.6 Å².